The van der Waals surface area contributed by atoms with Gasteiger partial charge >= 0.3 is 5.69 Å². The predicted molar refractivity (Wildman–Crippen MR) is 48.4 cm³/mol. The lowest BCUT2D eigenvalue weighted by Crippen LogP contribution is -2.02. The molecule has 1 aromatic rings. The van der Waals surface area contributed by atoms with Gasteiger partial charge in [-0.3, -0.25) is 10.1 Å². The third-order valence-corrected chi connectivity index (χ3v) is 1.58. The fraction of sp³-hybridized carbons (Fsp3) is 0.286. The Bertz CT molecular complexity index is 366. The van der Waals surface area contributed by atoms with Gasteiger partial charge in [-0.2, -0.15) is 4.98 Å². The molecule has 1 heterocycles. The molecule has 0 aliphatic carbocycles. The van der Waals surface area contributed by atoms with E-state index in [-0.39, 0.29) is 23.1 Å². The molecule has 0 amide bonds. The number of nitrogens with zero attached hydrogens (tertiary/aromatic N) is 2. The summed E-state index contributed by atoms with van der Waals surface area (Å²) in [6.45, 7) is 0. The van der Waals surface area contributed by atoms with E-state index >= 15 is 0 Å². The summed E-state index contributed by atoms with van der Waals surface area (Å²) >= 11 is 0. The van der Waals surface area contributed by atoms with Crippen LogP contribution in [0.3, 0.4) is 0 Å². The lowest BCUT2D eigenvalue weighted by Gasteiger charge is -2.05. The molecule has 1 aromatic heterocycles. The zero-order valence-electron chi connectivity index (χ0n) is 7.68. The van der Waals surface area contributed by atoms with Crippen LogP contribution in [0, 0.1) is 10.1 Å². The lowest BCUT2D eigenvalue weighted by atomic mass is 10.3. The fourth-order valence-corrected chi connectivity index (χ4v) is 0.908. The Morgan fingerprint density at radius 2 is 2.14 bits per heavy atom. The maximum Gasteiger partial charge on any atom is 0.303 e. The Balaban J connectivity index is 3.34. The molecule has 0 saturated heterocycles. The first-order chi connectivity index (χ1) is 6.60. The molecule has 0 atom stereocenters. The van der Waals surface area contributed by atoms with Crippen LogP contribution in [-0.2, 0) is 0 Å². The lowest BCUT2D eigenvalue weighted by molar-refractivity contribution is -0.384. The van der Waals surface area contributed by atoms with Gasteiger partial charge in [-0.05, 0) is 0 Å². The highest BCUT2D eigenvalue weighted by atomic mass is 16.6. The molecule has 0 aromatic carbocycles. The average Bonchev–Trinajstić information content (AvgIpc) is 2.17. The highest BCUT2D eigenvalue weighted by Crippen LogP contribution is 2.32. The normalized spacial score (nSPS) is 9.57. The molecular formula is C7H9N3O4. The van der Waals surface area contributed by atoms with Crippen LogP contribution in [0.2, 0.25) is 0 Å². The molecule has 76 valence electrons. The Kier molecular flexibility index (Phi) is 2.70. The number of anilines is 1. The van der Waals surface area contributed by atoms with Gasteiger partial charge in [-0.25, -0.2) is 0 Å². The van der Waals surface area contributed by atoms with Crippen molar-refractivity contribution in [2.45, 2.75) is 0 Å². The van der Waals surface area contributed by atoms with Gasteiger partial charge in [0.15, 0.2) is 5.69 Å². The zero-order valence-corrected chi connectivity index (χ0v) is 7.68. The zero-order chi connectivity index (χ0) is 10.7. The highest BCUT2D eigenvalue weighted by Gasteiger charge is 2.19. The van der Waals surface area contributed by atoms with E-state index in [0.29, 0.717) is 0 Å². The minimum absolute atomic E-state index is 0.0175. The molecule has 0 bridgehead atoms. The van der Waals surface area contributed by atoms with E-state index in [0.717, 1.165) is 6.07 Å². The van der Waals surface area contributed by atoms with Gasteiger partial charge in [0.05, 0.1) is 25.2 Å². The number of rotatable bonds is 3. The van der Waals surface area contributed by atoms with Crippen molar-refractivity contribution in [3.63, 3.8) is 0 Å². The third-order valence-electron chi connectivity index (χ3n) is 1.58. The number of hydrogen-bond acceptors (Lipinski definition) is 6. The molecule has 14 heavy (non-hydrogen) atoms. The van der Waals surface area contributed by atoms with Crippen molar-refractivity contribution in [1.82, 2.24) is 4.98 Å². The quantitative estimate of drug-likeness (QED) is 0.564. The minimum atomic E-state index is -0.623. The van der Waals surface area contributed by atoms with E-state index in [2.05, 4.69) is 4.98 Å². The first-order valence-electron chi connectivity index (χ1n) is 3.63. The van der Waals surface area contributed by atoms with Crippen LogP contribution in [0.5, 0.6) is 11.8 Å². The molecular weight excluding hydrogens is 190 g/mol. The van der Waals surface area contributed by atoms with Crippen molar-refractivity contribution in [2.75, 3.05) is 20.0 Å². The largest absolute Gasteiger partial charge is 0.481 e. The molecule has 1 rings (SSSR count). The van der Waals surface area contributed by atoms with Crippen molar-refractivity contribution in [1.29, 1.82) is 0 Å². The second kappa shape index (κ2) is 3.77. The number of nitro groups is 1. The topological polar surface area (TPSA) is 101 Å². The SMILES string of the molecule is COc1cc([N+](=O)[O-])c(N)c(OC)n1. The van der Waals surface area contributed by atoms with Crippen molar-refractivity contribution in [3.8, 4) is 11.8 Å². The van der Waals surface area contributed by atoms with Gasteiger partial charge in [0, 0.05) is 0 Å². The summed E-state index contributed by atoms with van der Waals surface area (Å²) < 4.78 is 9.51. The summed E-state index contributed by atoms with van der Waals surface area (Å²) in [5.41, 5.74) is 5.04. The minimum Gasteiger partial charge on any atom is -0.481 e. The van der Waals surface area contributed by atoms with E-state index in [1.165, 1.54) is 14.2 Å². The van der Waals surface area contributed by atoms with E-state index in [4.69, 9.17) is 15.2 Å². The summed E-state index contributed by atoms with van der Waals surface area (Å²) in [7, 11) is 2.67. The molecule has 0 spiro atoms. The molecule has 0 unspecified atom stereocenters. The Morgan fingerprint density at radius 3 is 2.57 bits per heavy atom. The van der Waals surface area contributed by atoms with Crippen LogP contribution < -0.4 is 15.2 Å². The van der Waals surface area contributed by atoms with Gasteiger partial charge in [-0.15, -0.1) is 0 Å². The van der Waals surface area contributed by atoms with Crippen LogP contribution >= 0.6 is 0 Å². The van der Waals surface area contributed by atoms with Crippen molar-refractivity contribution in [3.05, 3.63) is 16.2 Å². The maximum absolute atomic E-state index is 10.5. The highest BCUT2D eigenvalue weighted by molar-refractivity contribution is 5.65. The van der Waals surface area contributed by atoms with Crippen LogP contribution in [0.15, 0.2) is 6.07 Å². The van der Waals surface area contributed by atoms with E-state index < -0.39 is 4.92 Å². The number of ether oxygens (including phenoxy) is 2. The Morgan fingerprint density at radius 1 is 1.50 bits per heavy atom. The first-order valence-corrected chi connectivity index (χ1v) is 3.63. The molecule has 7 heteroatoms. The summed E-state index contributed by atoms with van der Waals surface area (Å²) in [5, 5.41) is 10.5. The monoisotopic (exact) mass is 199 g/mol. The Labute approximate surface area is 79.6 Å². The van der Waals surface area contributed by atoms with Gasteiger partial charge in [0.1, 0.15) is 0 Å². The van der Waals surface area contributed by atoms with E-state index in [1.54, 1.807) is 0 Å². The Hall–Kier alpha value is -2.05. The predicted octanol–water partition coefficient (Wildman–Crippen LogP) is 0.589. The second-order valence-corrected chi connectivity index (χ2v) is 2.36. The van der Waals surface area contributed by atoms with Crippen molar-refractivity contribution >= 4 is 11.4 Å². The fourth-order valence-electron chi connectivity index (χ4n) is 0.908. The molecule has 0 saturated carbocycles. The first kappa shape index (κ1) is 10.0. The smallest absolute Gasteiger partial charge is 0.303 e. The van der Waals surface area contributed by atoms with Crippen LogP contribution in [0.4, 0.5) is 11.4 Å². The standard InChI is InChI=1S/C7H9N3O4/c1-13-5-3-4(10(11)12)6(8)7(9-5)14-2/h3H,8H2,1-2H3. The summed E-state index contributed by atoms with van der Waals surface area (Å²) in [5.74, 6) is 0.0683. The number of nitrogen functional groups attached to an aromatic ring is 1. The number of pyridine rings is 1. The molecule has 0 aliphatic rings. The number of aromatic nitrogens is 1. The second-order valence-electron chi connectivity index (χ2n) is 2.36. The van der Waals surface area contributed by atoms with Crippen LogP contribution in [0.25, 0.3) is 0 Å². The third kappa shape index (κ3) is 1.65. The molecule has 0 aliphatic heterocycles. The van der Waals surface area contributed by atoms with Gasteiger partial charge in [0.25, 0.3) is 0 Å². The average molecular weight is 199 g/mol. The number of nitrogens with two attached hydrogens (primary N) is 1. The van der Waals surface area contributed by atoms with Crippen molar-refractivity contribution in [2.24, 2.45) is 0 Å². The summed E-state index contributed by atoms with van der Waals surface area (Å²) in [4.78, 5) is 13.7. The summed E-state index contributed by atoms with van der Waals surface area (Å²) in [6.07, 6.45) is 0. The van der Waals surface area contributed by atoms with Crippen LogP contribution in [-0.4, -0.2) is 24.1 Å². The van der Waals surface area contributed by atoms with E-state index in [1.807, 2.05) is 0 Å². The molecule has 2 N–H and O–H groups in total. The molecule has 7 nitrogen and oxygen atoms in total. The number of methoxy groups -OCH3 is 2. The van der Waals surface area contributed by atoms with Gasteiger partial charge in [-0.1, -0.05) is 0 Å². The summed E-state index contributed by atoms with van der Waals surface area (Å²) in [6, 6.07) is 1.14. The molecule has 0 radical (unpaired) electrons. The maximum atomic E-state index is 10.5. The van der Waals surface area contributed by atoms with Gasteiger partial charge in [0.2, 0.25) is 11.8 Å². The molecule has 0 fully saturated rings. The van der Waals surface area contributed by atoms with Crippen molar-refractivity contribution < 1.29 is 14.4 Å². The van der Waals surface area contributed by atoms with E-state index in [9.17, 15) is 10.1 Å². The number of hydrogen-bond donors (Lipinski definition) is 1. The van der Waals surface area contributed by atoms with Crippen LogP contribution in [0.1, 0.15) is 0 Å². The van der Waals surface area contributed by atoms with Gasteiger partial charge < -0.3 is 15.2 Å².